The van der Waals surface area contributed by atoms with Gasteiger partial charge in [-0.2, -0.15) is 0 Å². The van der Waals surface area contributed by atoms with Gasteiger partial charge in [-0.15, -0.1) is 11.3 Å². The lowest BCUT2D eigenvalue weighted by atomic mass is 10.2. The van der Waals surface area contributed by atoms with E-state index in [1.54, 1.807) is 6.92 Å². The Hall–Kier alpha value is -1.89. The van der Waals surface area contributed by atoms with Crippen molar-refractivity contribution in [3.8, 4) is 0 Å². The first kappa shape index (κ1) is 17.5. The highest BCUT2D eigenvalue weighted by Gasteiger charge is 2.20. The van der Waals surface area contributed by atoms with Gasteiger partial charge in [-0.25, -0.2) is 4.79 Å². The second-order valence-electron chi connectivity index (χ2n) is 5.45. The number of unbranched alkanes of at least 4 members (excludes halogenated alkanes) is 1. The molecule has 0 amide bonds. The first-order valence-corrected chi connectivity index (χ1v) is 8.62. The lowest BCUT2D eigenvalue weighted by Gasteiger charge is -2.11. The molecule has 2 aromatic heterocycles. The Labute approximate surface area is 138 Å². The summed E-state index contributed by atoms with van der Waals surface area (Å²) in [6.07, 6.45) is 1.62. The minimum absolute atomic E-state index is 0.172. The van der Waals surface area contributed by atoms with E-state index < -0.39 is 11.7 Å². The number of carbonyl (C=O) groups excluding carboxylic acids is 1. The second kappa shape index (κ2) is 7.12. The number of thiophene rings is 1. The summed E-state index contributed by atoms with van der Waals surface area (Å²) >= 11 is 1.37. The molecule has 0 aromatic carbocycles. The minimum Gasteiger partial charge on any atom is -0.465 e. The summed E-state index contributed by atoms with van der Waals surface area (Å²) in [6.45, 7) is 7.96. The first-order chi connectivity index (χ1) is 10.9. The largest absolute Gasteiger partial charge is 0.465 e. The molecule has 126 valence electrons. The van der Waals surface area contributed by atoms with E-state index in [-0.39, 0.29) is 18.7 Å². The Morgan fingerprint density at radius 3 is 2.48 bits per heavy atom. The molecule has 0 unspecified atom stereocenters. The molecule has 2 aromatic rings. The molecule has 0 atom stereocenters. The van der Waals surface area contributed by atoms with Gasteiger partial charge in [0.05, 0.1) is 12.0 Å². The maximum atomic E-state index is 12.7. The number of fused-ring (bicyclic) bond motifs is 1. The Bertz CT molecular complexity index is 844. The molecule has 0 aliphatic rings. The van der Waals surface area contributed by atoms with Crippen LogP contribution in [0, 0.1) is 13.8 Å². The van der Waals surface area contributed by atoms with Gasteiger partial charge in [0.1, 0.15) is 11.4 Å². The Morgan fingerprint density at radius 2 is 1.87 bits per heavy atom. The normalized spacial score (nSPS) is 11.1. The third-order valence-electron chi connectivity index (χ3n) is 3.86. The van der Waals surface area contributed by atoms with Gasteiger partial charge in [0.15, 0.2) is 0 Å². The molecule has 0 radical (unpaired) electrons. The predicted octanol–water partition coefficient (Wildman–Crippen LogP) is 2.20. The molecule has 7 heteroatoms. The molecular weight excluding hydrogens is 316 g/mol. The number of hydrogen-bond donors (Lipinski definition) is 0. The van der Waals surface area contributed by atoms with Gasteiger partial charge in [0.25, 0.3) is 5.56 Å². The highest BCUT2D eigenvalue weighted by Crippen LogP contribution is 2.26. The van der Waals surface area contributed by atoms with Crippen LogP contribution in [0.15, 0.2) is 9.59 Å². The number of ether oxygens (including phenoxy) is 1. The summed E-state index contributed by atoms with van der Waals surface area (Å²) in [7, 11) is 0. The summed E-state index contributed by atoms with van der Waals surface area (Å²) in [4.78, 5) is 38.8. The van der Waals surface area contributed by atoms with Crippen molar-refractivity contribution in [3.05, 3.63) is 31.3 Å². The number of aryl methyl sites for hydroxylation is 2. The van der Waals surface area contributed by atoms with E-state index in [1.807, 2.05) is 20.8 Å². The molecule has 0 saturated carbocycles. The van der Waals surface area contributed by atoms with Gasteiger partial charge in [0, 0.05) is 11.4 Å². The lowest BCUT2D eigenvalue weighted by molar-refractivity contribution is -0.143. The predicted molar refractivity (Wildman–Crippen MR) is 91.4 cm³/mol. The molecule has 0 aliphatic heterocycles. The number of aromatic nitrogens is 2. The third-order valence-corrected chi connectivity index (χ3v) is 5.09. The molecule has 6 nitrogen and oxygen atoms in total. The molecule has 2 rings (SSSR count). The number of nitrogens with zero attached hydrogens (tertiary/aromatic N) is 2. The van der Waals surface area contributed by atoms with Gasteiger partial charge >= 0.3 is 11.7 Å². The summed E-state index contributed by atoms with van der Waals surface area (Å²) in [5, 5.41) is 0.535. The van der Waals surface area contributed by atoms with Gasteiger partial charge in [0.2, 0.25) is 0 Å². The standard InChI is InChI=1S/C16H22N2O4S/c1-5-7-8-17-14(20)13-10(3)11(4)23-15(13)18(16(17)21)9-12(19)22-6-2/h5-9H2,1-4H3. The molecular formula is C16H22N2O4S. The summed E-state index contributed by atoms with van der Waals surface area (Å²) < 4.78 is 7.57. The van der Waals surface area contributed by atoms with Gasteiger partial charge in [-0.05, 0) is 32.8 Å². The van der Waals surface area contributed by atoms with Crippen molar-refractivity contribution in [2.24, 2.45) is 0 Å². The maximum absolute atomic E-state index is 12.7. The maximum Gasteiger partial charge on any atom is 0.332 e. The van der Waals surface area contributed by atoms with Crippen LogP contribution in [0.2, 0.25) is 0 Å². The molecule has 23 heavy (non-hydrogen) atoms. The zero-order chi connectivity index (χ0) is 17.1. The van der Waals surface area contributed by atoms with Crippen LogP contribution < -0.4 is 11.2 Å². The van der Waals surface area contributed by atoms with E-state index >= 15 is 0 Å². The van der Waals surface area contributed by atoms with Crippen LogP contribution in [0.1, 0.15) is 37.1 Å². The number of carbonyl (C=O) groups is 1. The minimum atomic E-state index is -0.472. The van der Waals surface area contributed by atoms with Crippen molar-refractivity contribution in [2.45, 2.75) is 53.6 Å². The third kappa shape index (κ3) is 3.24. The topological polar surface area (TPSA) is 70.3 Å². The SMILES string of the molecule is CCCCn1c(=O)c2c(C)c(C)sc2n(CC(=O)OCC)c1=O. The van der Waals surface area contributed by atoms with E-state index in [2.05, 4.69) is 0 Å². The van der Waals surface area contributed by atoms with Crippen LogP contribution in [-0.2, 0) is 22.6 Å². The van der Waals surface area contributed by atoms with E-state index in [0.717, 1.165) is 23.3 Å². The number of hydrogen-bond acceptors (Lipinski definition) is 5. The zero-order valence-corrected chi connectivity index (χ0v) is 14.8. The average molecular weight is 338 g/mol. The number of rotatable bonds is 6. The molecule has 0 saturated heterocycles. The molecule has 0 spiro atoms. The van der Waals surface area contributed by atoms with Gasteiger partial charge in [-0.1, -0.05) is 13.3 Å². The van der Waals surface area contributed by atoms with Crippen molar-refractivity contribution >= 4 is 27.5 Å². The van der Waals surface area contributed by atoms with Crippen molar-refractivity contribution in [1.82, 2.24) is 9.13 Å². The molecule has 0 N–H and O–H groups in total. The van der Waals surface area contributed by atoms with Crippen LogP contribution >= 0.6 is 11.3 Å². The summed E-state index contributed by atoms with van der Waals surface area (Å²) in [5.41, 5.74) is 0.170. The average Bonchev–Trinajstić information content (AvgIpc) is 2.80. The van der Waals surface area contributed by atoms with Gasteiger partial charge < -0.3 is 4.74 Å². The van der Waals surface area contributed by atoms with Crippen LogP contribution in [0.5, 0.6) is 0 Å². The van der Waals surface area contributed by atoms with Crippen LogP contribution in [0.4, 0.5) is 0 Å². The summed E-state index contributed by atoms with van der Waals surface area (Å²) in [6, 6.07) is 0. The monoisotopic (exact) mass is 338 g/mol. The van der Waals surface area contributed by atoms with E-state index in [1.165, 1.54) is 20.5 Å². The molecule has 0 aliphatic carbocycles. The fraction of sp³-hybridized carbons (Fsp3) is 0.562. The Kier molecular flexibility index (Phi) is 5.41. The van der Waals surface area contributed by atoms with E-state index in [4.69, 9.17) is 4.74 Å². The molecule has 0 bridgehead atoms. The highest BCUT2D eigenvalue weighted by molar-refractivity contribution is 7.18. The quantitative estimate of drug-likeness (QED) is 0.757. The van der Waals surface area contributed by atoms with Crippen molar-refractivity contribution < 1.29 is 9.53 Å². The fourth-order valence-electron chi connectivity index (χ4n) is 2.49. The highest BCUT2D eigenvalue weighted by atomic mass is 32.1. The number of esters is 1. The van der Waals surface area contributed by atoms with Crippen LogP contribution in [0.3, 0.4) is 0 Å². The smallest absolute Gasteiger partial charge is 0.332 e. The van der Waals surface area contributed by atoms with Crippen molar-refractivity contribution in [1.29, 1.82) is 0 Å². The van der Waals surface area contributed by atoms with Crippen LogP contribution in [-0.4, -0.2) is 21.7 Å². The summed E-state index contributed by atoms with van der Waals surface area (Å²) in [5.74, 6) is -0.472. The Morgan fingerprint density at radius 1 is 1.17 bits per heavy atom. The zero-order valence-electron chi connectivity index (χ0n) is 14.0. The first-order valence-electron chi connectivity index (χ1n) is 7.81. The molecule has 0 fully saturated rings. The van der Waals surface area contributed by atoms with E-state index in [9.17, 15) is 14.4 Å². The van der Waals surface area contributed by atoms with Crippen LogP contribution in [0.25, 0.3) is 10.2 Å². The second-order valence-corrected chi connectivity index (χ2v) is 6.65. The van der Waals surface area contributed by atoms with Gasteiger partial charge in [-0.3, -0.25) is 18.7 Å². The fourth-order valence-corrected chi connectivity index (χ4v) is 3.63. The molecule has 2 heterocycles. The lowest BCUT2D eigenvalue weighted by Crippen LogP contribution is -2.41. The van der Waals surface area contributed by atoms with E-state index in [0.29, 0.717) is 16.8 Å². The van der Waals surface area contributed by atoms with Crippen molar-refractivity contribution in [3.63, 3.8) is 0 Å². The van der Waals surface area contributed by atoms with Crippen molar-refractivity contribution in [2.75, 3.05) is 6.61 Å². The Balaban J connectivity index is 2.72.